The van der Waals surface area contributed by atoms with Gasteiger partial charge in [-0.1, -0.05) is 36.4 Å². The normalized spacial score (nSPS) is 11.6. The third kappa shape index (κ3) is 2.92. The van der Waals surface area contributed by atoms with Gasteiger partial charge in [0.25, 0.3) is 0 Å². The van der Waals surface area contributed by atoms with Crippen molar-refractivity contribution in [2.24, 2.45) is 0 Å². The molecule has 3 rings (SSSR count). The molecular formula is C16H14N4. The number of nitrogens with one attached hydrogen (secondary N) is 2. The van der Waals surface area contributed by atoms with Gasteiger partial charge in [-0.25, -0.2) is 0 Å². The number of aromatic nitrogens is 4. The highest BCUT2D eigenvalue weighted by Gasteiger charge is 1.95. The molecule has 2 aromatic heterocycles. The van der Waals surface area contributed by atoms with Gasteiger partial charge in [0.1, 0.15) is 0 Å². The van der Waals surface area contributed by atoms with Crippen molar-refractivity contribution in [1.82, 2.24) is 20.4 Å². The minimum Gasteiger partial charge on any atom is -0.278 e. The molecule has 2 heterocycles. The molecule has 0 bridgehead atoms. The van der Waals surface area contributed by atoms with Crippen LogP contribution in [0, 0.1) is 0 Å². The third-order valence-electron chi connectivity index (χ3n) is 2.93. The van der Waals surface area contributed by atoms with Crippen molar-refractivity contribution in [2.45, 2.75) is 0 Å². The third-order valence-corrected chi connectivity index (χ3v) is 2.93. The molecule has 4 heteroatoms. The number of H-pyrrole nitrogens is 2. The summed E-state index contributed by atoms with van der Waals surface area (Å²) in [5.41, 5.74) is 4.27. The van der Waals surface area contributed by atoms with Gasteiger partial charge in [0.05, 0.1) is 11.4 Å². The second-order valence-electron chi connectivity index (χ2n) is 4.32. The number of hydrogen-bond acceptors (Lipinski definition) is 2. The van der Waals surface area contributed by atoms with Crippen LogP contribution in [0.25, 0.3) is 24.3 Å². The molecule has 0 radical (unpaired) electrons. The Balaban J connectivity index is 1.85. The van der Waals surface area contributed by atoms with E-state index in [0.717, 1.165) is 22.5 Å². The summed E-state index contributed by atoms with van der Waals surface area (Å²) < 4.78 is 0. The summed E-state index contributed by atoms with van der Waals surface area (Å²) in [6.45, 7) is 0. The van der Waals surface area contributed by atoms with Crippen LogP contribution in [0.4, 0.5) is 0 Å². The second kappa shape index (κ2) is 5.84. The molecule has 0 aliphatic rings. The maximum Gasteiger partial charge on any atom is 0.0577 e. The first-order valence-electron chi connectivity index (χ1n) is 6.36. The van der Waals surface area contributed by atoms with Crippen LogP contribution in [-0.4, -0.2) is 20.4 Å². The van der Waals surface area contributed by atoms with Gasteiger partial charge in [-0.05, 0) is 35.4 Å². The van der Waals surface area contributed by atoms with Crippen LogP contribution in [0.1, 0.15) is 22.5 Å². The molecule has 0 aliphatic heterocycles. The molecule has 3 aromatic rings. The summed E-state index contributed by atoms with van der Waals surface area (Å²) in [7, 11) is 0. The molecule has 4 nitrogen and oxygen atoms in total. The van der Waals surface area contributed by atoms with Gasteiger partial charge < -0.3 is 0 Å². The Bertz CT molecular complexity index is 644. The summed E-state index contributed by atoms with van der Waals surface area (Å²) in [6.07, 6.45) is 11.6. The van der Waals surface area contributed by atoms with Crippen LogP contribution in [0.2, 0.25) is 0 Å². The SMILES string of the molecule is C(=Cc1ccccc1C=Cc1ccn[nH]1)c1ccn[nH]1. The van der Waals surface area contributed by atoms with Gasteiger partial charge in [0, 0.05) is 12.4 Å². The zero-order valence-corrected chi connectivity index (χ0v) is 10.8. The summed E-state index contributed by atoms with van der Waals surface area (Å²) >= 11 is 0. The molecule has 0 atom stereocenters. The molecular weight excluding hydrogens is 248 g/mol. The van der Waals surface area contributed by atoms with E-state index in [1.807, 2.05) is 36.4 Å². The quantitative estimate of drug-likeness (QED) is 0.756. The highest BCUT2D eigenvalue weighted by Crippen LogP contribution is 2.15. The summed E-state index contributed by atoms with van der Waals surface area (Å²) in [6, 6.07) is 12.1. The Labute approximate surface area is 116 Å². The first-order chi connectivity index (χ1) is 9.92. The van der Waals surface area contributed by atoms with E-state index in [-0.39, 0.29) is 0 Å². The van der Waals surface area contributed by atoms with E-state index in [1.165, 1.54) is 0 Å². The zero-order valence-electron chi connectivity index (χ0n) is 10.8. The minimum absolute atomic E-state index is 0.984. The van der Waals surface area contributed by atoms with Gasteiger partial charge in [-0.15, -0.1) is 0 Å². The summed E-state index contributed by atoms with van der Waals surface area (Å²) in [5.74, 6) is 0. The van der Waals surface area contributed by atoms with Crippen molar-refractivity contribution in [3.05, 3.63) is 71.3 Å². The first kappa shape index (κ1) is 12.2. The van der Waals surface area contributed by atoms with Crippen LogP contribution in [0.15, 0.2) is 48.8 Å². The lowest BCUT2D eigenvalue weighted by atomic mass is 10.1. The lowest BCUT2D eigenvalue weighted by Crippen LogP contribution is -1.80. The average molecular weight is 262 g/mol. The van der Waals surface area contributed by atoms with Gasteiger partial charge in [0.15, 0.2) is 0 Å². The highest BCUT2D eigenvalue weighted by molar-refractivity contribution is 5.78. The predicted octanol–water partition coefficient (Wildman–Crippen LogP) is 3.47. The van der Waals surface area contributed by atoms with Crippen molar-refractivity contribution < 1.29 is 0 Å². The van der Waals surface area contributed by atoms with Crippen LogP contribution < -0.4 is 0 Å². The fourth-order valence-corrected chi connectivity index (χ4v) is 1.89. The molecule has 0 saturated carbocycles. The Kier molecular flexibility index (Phi) is 3.55. The topological polar surface area (TPSA) is 57.4 Å². The second-order valence-corrected chi connectivity index (χ2v) is 4.32. The maximum atomic E-state index is 3.93. The minimum atomic E-state index is 0.984. The van der Waals surface area contributed by atoms with Gasteiger partial charge >= 0.3 is 0 Å². The van der Waals surface area contributed by atoms with Crippen LogP contribution in [0.5, 0.6) is 0 Å². The number of benzene rings is 1. The van der Waals surface area contributed by atoms with Crippen molar-refractivity contribution in [1.29, 1.82) is 0 Å². The fraction of sp³-hybridized carbons (Fsp3) is 0. The molecule has 1 aromatic carbocycles. The van der Waals surface area contributed by atoms with Crippen LogP contribution in [-0.2, 0) is 0 Å². The largest absolute Gasteiger partial charge is 0.278 e. The lowest BCUT2D eigenvalue weighted by molar-refractivity contribution is 1.08. The summed E-state index contributed by atoms with van der Waals surface area (Å²) in [5, 5.41) is 13.7. The van der Waals surface area contributed by atoms with Crippen LogP contribution in [0.3, 0.4) is 0 Å². The molecule has 0 fully saturated rings. The number of nitrogens with zero attached hydrogens (tertiary/aromatic N) is 2. The Morgan fingerprint density at radius 1 is 0.650 bits per heavy atom. The van der Waals surface area contributed by atoms with Gasteiger partial charge in [-0.2, -0.15) is 10.2 Å². The number of aromatic amines is 2. The van der Waals surface area contributed by atoms with Gasteiger partial charge in [-0.3, -0.25) is 10.2 Å². The van der Waals surface area contributed by atoms with E-state index < -0.39 is 0 Å². The first-order valence-corrected chi connectivity index (χ1v) is 6.36. The van der Waals surface area contributed by atoms with E-state index in [9.17, 15) is 0 Å². The molecule has 0 unspecified atom stereocenters. The van der Waals surface area contributed by atoms with E-state index in [1.54, 1.807) is 12.4 Å². The van der Waals surface area contributed by atoms with Gasteiger partial charge in [0.2, 0.25) is 0 Å². The van der Waals surface area contributed by atoms with Crippen molar-refractivity contribution in [3.63, 3.8) is 0 Å². The molecule has 0 spiro atoms. The molecule has 0 aliphatic carbocycles. The molecule has 20 heavy (non-hydrogen) atoms. The standard InChI is InChI=1S/C16H14N4/c1-2-4-14(6-8-16-10-12-18-20-16)13(3-1)5-7-15-9-11-17-19-15/h1-12H,(H,17,19)(H,18,20). The number of hydrogen-bond donors (Lipinski definition) is 2. The Morgan fingerprint density at radius 3 is 1.55 bits per heavy atom. The molecule has 0 amide bonds. The molecule has 2 N–H and O–H groups in total. The molecule has 98 valence electrons. The van der Waals surface area contributed by atoms with E-state index >= 15 is 0 Å². The van der Waals surface area contributed by atoms with E-state index in [4.69, 9.17) is 0 Å². The predicted molar refractivity (Wildman–Crippen MR) is 81.5 cm³/mol. The monoisotopic (exact) mass is 262 g/mol. The number of rotatable bonds is 4. The maximum absolute atomic E-state index is 3.93. The lowest BCUT2D eigenvalue weighted by Gasteiger charge is -1.99. The van der Waals surface area contributed by atoms with Crippen molar-refractivity contribution in [3.8, 4) is 0 Å². The van der Waals surface area contributed by atoms with Crippen molar-refractivity contribution in [2.75, 3.05) is 0 Å². The van der Waals surface area contributed by atoms with Crippen molar-refractivity contribution >= 4 is 24.3 Å². The Morgan fingerprint density at radius 2 is 1.15 bits per heavy atom. The van der Waals surface area contributed by atoms with Crippen LogP contribution >= 0.6 is 0 Å². The fourth-order valence-electron chi connectivity index (χ4n) is 1.89. The molecule has 0 saturated heterocycles. The summed E-state index contributed by atoms with van der Waals surface area (Å²) in [4.78, 5) is 0. The Hall–Kier alpha value is -2.88. The van der Waals surface area contributed by atoms with E-state index in [0.29, 0.717) is 0 Å². The van der Waals surface area contributed by atoms with E-state index in [2.05, 4.69) is 44.7 Å². The highest BCUT2D eigenvalue weighted by atomic mass is 15.1. The average Bonchev–Trinajstić information content (AvgIpc) is 3.17. The zero-order chi connectivity index (χ0) is 13.6. The smallest absolute Gasteiger partial charge is 0.0577 e.